The van der Waals surface area contributed by atoms with Gasteiger partial charge in [-0.05, 0) is 105 Å². The van der Waals surface area contributed by atoms with E-state index in [1.165, 1.54) is 50.6 Å². The van der Waals surface area contributed by atoms with Crippen molar-refractivity contribution in [2.24, 2.45) is 0 Å². The molecule has 0 saturated heterocycles. The third kappa shape index (κ3) is 4.88. The third-order valence-electron chi connectivity index (χ3n) is 6.99. The summed E-state index contributed by atoms with van der Waals surface area (Å²) in [6.45, 7) is 10.9. The van der Waals surface area contributed by atoms with Crippen LogP contribution in [0.15, 0.2) is 115 Å². The maximum Gasteiger partial charge on any atom is 0.0490 e. The van der Waals surface area contributed by atoms with Crippen molar-refractivity contribution in [1.29, 1.82) is 0 Å². The molecule has 2 heteroatoms. The first-order valence-electron chi connectivity index (χ1n) is 12.9. The lowest BCUT2D eigenvalue weighted by atomic mass is 10.0. The van der Waals surface area contributed by atoms with Crippen molar-refractivity contribution in [1.82, 2.24) is 0 Å². The lowest BCUT2D eigenvalue weighted by Crippen LogP contribution is -2.16. The molecule has 0 aliphatic rings. The number of aryl methyl sites for hydroxylation is 5. The molecule has 184 valence electrons. The second kappa shape index (κ2) is 10.4. The van der Waals surface area contributed by atoms with Crippen molar-refractivity contribution in [3.05, 3.63) is 143 Å². The summed E-state index contributed by atoms with van der Waals surface area (Å²) in [4.78, 5) is 4.80. The van der Waals surface area contributed by atoms with Gasteiger partial charge in [0.1, 0.15) is 0 Å². The SMILES string of the molecule is Cc1cc(N(c2ccccc2C)c2ccccc2C)cc(N(c2ccccc2C)c2ccccc2C)c1. The van der Waals surface area contributed by atoms with Crippen LogP contribution in [-0.4, -0.2) is 0 Å². The molecular weight excluding hydrogens is 448 g/mol. The van der Waals surface area contributed by atoms with Gasteiger partial charge in [-0.1, -0.05) is 72.8 Å². The lowest BCUT2D eigenvalue weighted by Gasteiger charge is -2.32. The predicted molar refractivity (Wildman–Crippen MR) is 159 cm³/mol. The van der Waals surface area contributed by atoms with Crippen LogP contribution < -0.4 is 9.80 Å². The standard InChI is InChI=1S/C35H34N2/c1-25-22-30(36(32-18-10-6-14-26(32)2)33-19-11-7-15-27(33)3)24-31(23-25)37(34-20-12-8-16-28(34)4)35-21-13-9-17-29(35)5/h6-24H,1-5H3. The minimum Gasteiger partial charge on any atom is -0.310 e. The van der Waals surface area contributed by atoms with Gasteiger partial charge in [-0.3, -0.25) is 0 Å². The summed E-state index contributed by atoms with van der Waals surface area (Å²) in [5, 5.41) is 0. The maximum atomic E-state index is 2.40. The van der Waals surface area contributed by atoms with Crippen LogP contribution in [0.3, 0.4) is 0 Å². The van der Waals surface area contributed by atoms with E-state index in [9.17, 15) is 0 Å². The third-order valence-corrected chi connectivity index (χ3v) is 6.99. The fourth-order valence-corrected chi connectivity index (χ4v) is 5.07. The molecule has 0 unspecified atom stereocenters. The first-order valence-corrected chi connectivity index (χ1v) is 12.9. The van der Waals surface area contributed by atoms with Crippen LogP contribution in [0.25, 0.3) is 0 Å². The van der Waals surface area contributed by atoms with Crippen molar-refractivity contribution < 1.29 is 0 Å². The summed E-state index contributed by atoms with van der Waals surface area (Å²) in [6.07, 6.45) is 0. The van der Waals surface area contributed by atoms with E-state index in [-0.39, 0.29) is 0 Å². The van der Waals surface area contributed by atoms with Crippen LogP contribution in [0, 0.1) is 34.6 Å². The zero-order chi connectivity index (χ0) is 25.9. The number of hydrogen-bond donors (Lipinski definition) is 0. The summed E-state index contributed by atoms with van der Waals surface area (Å²) >= 11 is 0. The molecule has 5 rings (SSSR count). The number of hydrogen-bond acceptors (Lipinski definition) is 2. The minimum absolute atomic E-state index is 1.14. The molecule has 0 saturated carbocycles. The topological polar surface area (TPSA) is 6.48 Å². The Morgan fingerprint density at radius 1 is 0.351 bits per heavy atom. The normalized spacial score (nSPS) is 10.8. The molecule has 37 heavy (non-hydrogen) atoms. The van der Waals surface area contributed by atoms with Gasteiger partial charge in [0.15, 0.2) is 0 Å². The molecule has 5 aromatic rings. The van der Waals surface area contributed by atoms with Gasteiger partial charge in [0.25, 0.3) is 0 Å². The van der Waals surface area contributed by atoms with Gasteiger partial charge in [-0.15, -0.1) is 0 Å². The van der Waals surface area contributed by atoms with E-state index in [4.69, 9.17) is 0 Å². The molecule has 0 atom stereocenters. The summed E-state index contributed by atoms with van der Waals surface area (Å²) < 4.78 is 0. The van der Waals surface area contributed by atoms with Crippen LogP contribution in [0.5, 0.6) is 0 Å². The number of rotatable bonds is 6. The minimum atomic E-state index is 1.14. The monoisotopic (exact) mass is 482 g/mol. The second-order valence-electron chi connectivity index (χ2n) is 9.84. The zero-order valence-corrected chi connectivity index (χ0v) is 22.4. The maximum absolute atomic E-state index is 2.40. The number of nitrogens with zero attached hydrogens (tertiary/aromatic N) is 2. The summed E-state index contributed by atoms with van der Waals surface area (Å²) in [6, 6.07) is 41.4. The Labute approximate surface area is 221 Å². The molecule has 2 nitrogen and oxygen atoms in total. The summed E-state index contributed by atoms with van der Waals surface area (Å²) in [7, 11) is 0. The Bertz CT molecular complexity index is 1340. The predicted octanol–water partition coefficient (Wildman–Crippen LogP) is 10.2. The molecule has 0 radical (unpaired) electrons. The van der Waals surface area contributed by atoms with Gasteiger partial charge in [0, 0.05) is 34.1 Å². The molecule has 0 aliphatic carbocycles. The first-order chi connectivity index (χ1) is 17.9. The average Bonchev–Trinajstić information content (AvgIpc) is 2.89. The van der Waals surface area contributed by atoms with Gasteiger partial charge in [0.2, 0.25) is 0 Å². The Hall–Kier alpha value is -4.30. The van der Waals surface area contributed by atoms with Gasteiger partial charge in [-0.25, -0.2) is 0 Å². The van der Waals surface area contributed by atoms with Gasteiger partial charge < -0.3 is 9.80 Å². The average molecular weight is 483 g/mol. The number of anilines is 6. The second-order valence-corrected chi connectivity index (χ2v) is 9.84. The van der Waals surface area contributed by atoms with Crippen molar-refractivity contribution in [3.8, 4) is 0 Å². The molecule has 0 aromatic heterocycles. The van der Waals surface area contributed by atoms with E-state index in [0.717, 1.165) is 11.4 Å². The van der Waals surface area contributed by atoms with Crippen molar-refractivity contribution >= 4 is 34.1 Å². The van der Waals surface area contributed by atoms with E-state index in [1.807, 2.05) is 0 Å². The largest absolute Gasteiger partial charge is 0.310 e. The van der Waals surface area contributed by atoms with E-state index in [1.54, 1.807) is 0 Å². The fraction of sp³-hybridized carbons (Fsp3) is 0.143. The van der Waals surface area contributed by atoms with E-state index in [2.05, 4.69) is 160 Å². The van der Waals surface area contributed by atoms with E-state index in [0.29, 0.717) is 0 Å². The Balaban J connectivity index is 1.77. The summed E-state index contributed by atoms with van der Waals surface area (Å²) in [5.41, 5.74) is 13.2. The fourth-order valence-electron chi connectivity index (χ4n) is 5.07. The zero-order valence-electron chi connectivity index (χ0n) is 22.4. The smallest absolute Gasteiger partial charge is 0.0490 e. The Morgan fingerprint density at radius 2 is 0.622 bits per heavy atom. The number of benzene rings is 5. The highest BCUT2D eigenvalue weighted by molar-refractivity contribution is 5.86. The highest BCUT2D eigenvalue weighted by Gasteiger charge is 2.21. The Kier molecular flexibility index (Phi) is 6.83. The first kappa shape index (κ1) is 24.4. The van der Waals surface area contributed by atoms with Gasteiger partial charge in [-0.2, -0.15) is 0 Å². The molecule has 0 heterocycles. The molecule has 0 amide bonds. The highest BCUT2D eigenvalue weighted by atomic mass is 15.2. The lowest BCUT2D eigenvalue weighted by molar-refractivity contribution is 1.19. The van der Waals surface area contributed by atoms with Crippen molar-refractivity contribution in [2.75, 3.05) is 9.80 Å². The van der Waals surface area contributed by atoms with Gasteiger partial charge >= 0.3 is 0 Å². The van der Waals surface area contributed by atoms with Crippen LogP contribution in [0.4, 0.5) is 34.1 Å². The number of para-hydroxylation sites is 4. The molecule has 0 bridgehead atoms. The van der Waals surface area contributed by atoms with E-state index >= 15 is 0 Å². The quantitative estimate of drug-likeness (QED) is 0.237. The molecule has 0 aliphatic heterocycles. The Morgan fingerprint density at radius 3 is 0.892 bits per heavy atom. The van der Waals surface area contributed by atoms with Crippen molar-refractivity contribution in [2.45, 2.75) is 34.6 Å². The molecule has 0 N–H and O–H groups in total. The van der Waals surface area contributed by atoms with Crippen LogP contribution in [0.2, 0.25) is 0 Å². The van der Waals surface area contributed by atoms with Gasteiger partial charge in [0.05, 0.1) is 0 Å². The summed E-state index contributed by atoms with van der Waals surface area (Å²) in [5.74, 6) is 0. The van der Waals surface area contributed by atoms with Crippen LogP contribution in [0.1, 0.15) is 27.8 Å². The molecular formula is C35H34N2. The van der Waals surface area contributed by atoms with Crippen molar-refractivity contribution in [3.63, 3.8) is 0 Å². The molecule has 0 spiro atoms. The van der Waals surface area contributed by atoms with E-state index < -0.39 is 0 Å². The van der Waals surface area contributed by atoms with Crippen LogP contribution in [-0.2, 0) is 0 Å². The highest BCUT2D eigenvalue weighted by Crippen LogP contribution is 2.43. The molecule has 5 aromatic carbocycles. The van der Waals surface area contributed by atoms with Crippen LogP contribution >= 0.6 is 0 Å². The molecule has 0 fully saturated rings.